The van der Waals surface area contributed by atoms with Crippen LogP contribution in [0.4, 0.5) is 14.6 Å². The molecule has 2 aliphatic heterocycles. The molecule has 0 N–H and O–H groups in total. The first-order valence-electron chi connectivity index (χ1n) is 13.1. The van der Waals surface area contributed by atoms with Gasteiger partial charge in [0, 0.05) is 48.0 Å². The van der Waals surface area contributed by atoms with Gasteiger partial charge in [0.2, 0.25) is 5.91 Å². The average Bonchev–Trinajstić information content (AvgIpc) is 3.82. The van der Waals surface area contributed by atoms with E-state index >= 15 is 0 Å². The van der Waals surface area contributed by atoms with Crippen LogP contribution < -0.4 is 4.90 Å². The minimum Gasteiger partial charge on any atom is -0.343 e. The highest BCUT2D eigenvalue weighted by Gasteiger charge is 2.89. The lowest BCUT2D eigenvalue weighted by Gasteiger charge is -2.54. The Balaban J connectivity index is 1.40. The van der Waals surface area contributed by atoms with Gasteiger partial charge in [-0.3, -0.25) is 9.48 Å². The van der Waals surface area contributed by atoms with Crippen molar-refractivity contribution in [3.63, 3.8) is 0 Å². The van der Waals surface area contributed by atoms with E-state index in [9.17, 15) is 24.1 Å². The zero-order valence-electron chi connectivity index (χ0n) is 21.8. The molecule has 3 fully saturated rings. The largest absolute Gasteiger partial charge is 0.343 e. The van der Waals surface area contributed by atoms with E-state index in [1.54, 1.807) is 28.8 Å². The lowest BCUT2D eigenvalue weighted by molar-refractivity contribution is -0.145. The number of alkyl halides is 2. The molecule has 0 bridgehead atoms. The Hall–Kier alpha value is -4.12. The number of carbonyl (C=O) groups excluding carboxylic acids is 1. The van der Waals surface area contributed by atoms with Gasteiger partial charge in [0.25, 0.3) is 0 Å². The van der Waals surface area contributed by atoms with Gasteiger partial charge in [0.15, 0.2) is 5.41 Å². The highest BCUT2D eigenvalue weighted by atomic mass is 19.1. The highest BCUT2D eigenvalue weighted by molar-refractivity contribution is 6.04. The Labute approximate surface area is 223 Å². The molecule has 7 rings (SSSR count). The summed E-state index contributed by atoms with van der Waals surface area (Å²) in [6, 6.07) is 9.03. The van der Waals surface area contributed by atoms with Gasteiger partial charge in [0.05, 0.1) is 28.9 Å². The topological polar surface area (TPSA) is 115 Å². The number of hydrogen-bond acceptors (Lipinski definition) is 7. The predicted octanol–water partition coefficient (Wildman–Crippen LogP) is 3.41. The summed E-state index contributed by atoms with van der Waals surface area (Å²) in [5.41, 5.74) is 0.881. The van der Waals surface area contributed by atoms with Crippen LogP contribution in [0.1, 0.15) is 43.9 Å². The quantitative estimate of drug-likeness (QED) is 0.510. The van der Waals surface area contributed by atoms with Crippen LogP contribution in [0.15, 0.2) is 24.5 Å². The Kier molecular flexibility index (Phi) is 4.61. The van der Waals surface area contributed by atoms with Crippen molar-refractivity contribution in [2.45, 2.75) is 50.2 Å². The summed E-state index contributed by atoms with van der Waals surface area (Å²) in [6.07, 6.45) is 3.48. The molecule has 2 aliphatic carbocycles. The van der Waals surface area contributed by atoms with Gasteiger partial charge >= 0.3 is 0 Å². The van der Waals surface area contributed by atoms with Crippen LogP contribution >= 0.6 is 0 Å². The van der Waals surface area contributed by atoms with Crippen molar-refractivity contribution in [1.82, 2.24) is 24.6 Å². The van der Waals surface area contributed by atoms with Crippen LogP contribution in [0.5, 0.6) is 0 Å². The molecule has 3 aromatic rings. The maximum absolute atomic E-state index is 14.0. The van der Waals surface area contributed by atoms with E-state index in [0.29, 0.717) is 11.4 Å². The first kappa shape index (κ1) is 24.0. The standard InChI is InChI=1S/C28H26F2N8O/c1-15-10-37(25(39)26(11-29,12-30)13-32)16(2)28-23(27(28)6-7-27)19-5-4-18(20-8-17(9-31)36(3)35-20)22-21(19)24(38(15)28)34-14-33-22/h4-5,8,14-16,23H,6-7,10-12H2,1-3H3/t15-,16+,23-,28?/m0/s1. The average molecular weight is 529 g/mol. The van der Waals surface area contributed by atoms with E-state index in [1.807, 2.05) is 19.9 Å². The number of aryl methyl sites for hydroxylation is 1. The van der Waals surface area contributed by atoms with Crippen LogP contribution in [0.25, 0.3) is 22.2 Å². The number of nitriles is 2. The monoisotopic (exact) mass is 528 g/mol. The van der Waals surface area contributed by atoms with E-state index in [1.165, 1.54) is 6.33 Å². The zero-order valence-corrected chi connectivity index (χ0v) is 21.8. The number of halogens is 2. The summed E-state index contributed by atoms with van der Waals surface area (Å²) in [7, 11) is 1.73. The van der Waals surface area contributed by atoms with Gasteiger partial charge in [-0.05, 0) is 32.3 Å². The number of nitrogens with zero attached hydrogens (tertiary/aromatic N) is 8. The summed E-state index contributed by atoms with van der Waals surface area (Å²) < 4.78 is 29.5. The smallest absolute Gasteiger partial charge is 0.248 e. The molecule has 1 unspecified atom stereocenters. The molecule has 39 heavy (non-hydrogen) atoms. The molecule has 11 heteroatoms. The number of benzene rings is 1. The van der Waals surface area contributed by atoms with E-state index in [0.717, 1.165) is 40.7 Å². The number of aromatic nitrogens is 4. The van der Waals surface area contributed by atoms with E-state index in [-0.39, 0.29) is 30.0 Å². The van der Waals surface area contributed by atoms with Gasteiger partial charge in [-0.1, -0.05) is 12.1 Å². The molecule has 1 saturated heterocycles. The number of carbonyl (C=O) groups is 1. The fourth-order valence-electron chi connectivity index (χ4n) is 8.02. The van der Waals surface area contributed by atoms with Crippen LogP contribution in [0.3, 0.4) is 0 Å². The summed E-state index contributed by atoms with van der Waals surface area (Å²) in [5.74, 6) is 0.0864. The van der Waals surface area contributed by atoms with E-state index in [4.69, 9.17) is 4.98 Å². The van der Waals surface area contributed by atoms with Gasteiger partial charge in [0.1, 0.15) is 37.3 Å². The molecule has 0 radical (unpaired) electrons. The Bertz CT molecular complexity index is 1660. The first-order valence-corrected chi connectivity index (χ1v) is 13.1. The fraction of sp³-hybridized carbons (Fsp3) is 0.500. The van der Waals surface area contributed by atoms with Crippen LogP contribution in [0, 0.1) is 33.5 Å². The summed E-state index contributed by atoms with van der Waals surface area (Å²) in [5, 5.41) is 24.5. The second-order valence-electron chi connectivity index (χ2n) is 11.5. The van der Waals surface area contributed by atoms with Gasteiger partial charge < -0.3 is 9.80 Å². The molecule has 1 amide bonds. The van der Waals surface area contributed by atoms with Crippen molar-refractivity contribution in [3.8, 4) is 23.4 Å². The first-order chi connectivity index (χ1) is 18.8. The third-order valence-electron chi connectivity index (χ3n) is 9.85. The predicted molar refractivity (Wildman–Crippen MR) is 137 cm³/mol. The zero-order chi connectivity index (χ0) is 27.5. The number of fused-ring (bicyclic) bond motifs is 3. The van der Waals surface area contributed by atoms with Crippen LogP contribution in [-0.2, 0) is 11.8 Å². The lowest BCUT2D eigenvalue weighted by Crippen LogP contribution is -2.69. The fourth-order valence-corrected chi connectivity index (χ4v) is 8.02. The maximum atomic E-state index is 14.0. The molecule has 4 heterocycles. The normalized spacial score (nSPS) is 27.5. The van der Waals surface area contributed by atoms with Crippen molar-refractivity contribution in [2.24, 2.45) is 17.9 Å². The second-order valence-corrected chi connectivity index (χ2v) is 11.5. The molecule has 198 valence electrons. The molecule has 2 aromatic heterocycles. The second kappa shape index (κ2) is 7.50. The minimum absolute atomic E-state index is 0.0822. The molecule has 2 saturated carbocycles. The molecular formula is C28H26F2N8O. The van der Waals surface area contributed by atoms with Crippen LogP contribution in [0.2, 0.25) is 0 Å². The van der Waals surface area contributed by atoms with Gasteiger partial charge in [-0.25, -0.2) is 18.7 Å². The Morgan fingerprint density at radius 3 is 2.56 bits per heavy atom. The Morgan fingerprint density at radius 2 is 1.95 bits per heavy atom. The number of amides is 1. The Morgan fingerprint density at radius 1 is 1.21 bits per heavy atom. The van der Waals surface area contributed by atoms with Crippen molar-refractivity contribution >= 4 is 22.6 Å². The van der Waals surface area contributed by atoms with Crippen molar-refractivity contribution in [2.75, 3.05) is 24.8 Å². The molecule has 4 aliphatic rings. The van der Waals surface area contributed by atoms with E-state index < -0.39 is 30.2 Å². The molecular weight excluding hydrogens is 502 g/mol. The molecule has 4 atom stereocenters. The number of hydrogen-bond donors (Lipinski definition) is 0. The van der Waals surface area contributed by atoms with Crippen LogP contribution in [-0.4, -0.2) is 68.1 Å². The molecule has 9 nitrogen and oxygen atoms in total. The summed E-state index contributed by atoms with van der Waals surface area (Å²) >= 11 is 0. The van der Waals surface area contributed by atoms with Gasteiger partial charge in [-0.15, -0.1) is 0 Å². The third kappa shape index (κ3) is 2.56. The number of anilines is 1. The number of rotatable bonds is 4. The van der Waals surface area contributed by atoms with Crippen molar-refractivity contribution in [3.05, 3.63) is 35.8 Å². The maximum Gasteiger partial charge on any atom is 0.248 e. The SMILES string of the molecule is C[C@H]1CN(C(=O)C(C#N)(CF)CF)[C@H](C)C23[C@@H](c4ccc(-c5cc(C#N)n(C)n5)c5ncnc(c45)N12)C31CC1. The van der Waals surface area contributed by atoms with E-state index in [2.05, 4.69) is 27.1 Å². The van der Waals surface area contributed by atoms with Gasteiger partial charge in [-0.2, -0.15) is 15.6 Å². The summed E-state index contributed by atoms with van der Waals surface area (Å²) in [4.78, 5) is 26.9. The third-order valence-corrected chi connectivity index (χ3v) is 9.85. The highest BCUT2D eigenvalue weighted by Crippen LogP contribution is 2.87. The number of piperazine rings is 1. The summed E-state index contributed by atoms with van der Waals surface area (Å²) in [6.45, 7) is 1.45. The lowest BCUT2D eigenvalue weighted by atomic mass is 9.83. The van der Waals surface area contributed by atoms with Crippen molar-refractivity contribution < 1.29 is 13.6 Å². The minimum atomic E-state index is -2.32. The molecule has 1 aromatic carbocycles. The van der Waals surface area contributed by atoms with Crippen molar-refractivity contribution in [1.29, 1.82) is 10.5 Å². The molecule has 2 spiro atoms.